The quantitative estimate of drug-likeness (QED) is 0.787. The summed E-state index contributed by atoms with van der Waals surface area (Å²) in [5.41, 5.74) is 4.37. The number of rotatable bonds is 3. The first kappa shape index (κ1) is 11.8. The summed E-state index contributed by atoms with van der Waals surface area (Å²) in [5, 5.41) is 0. The molecule has 2 aromatic rings. The molecule has 0 saturated carbocycles. The topological polar surface area (TPSA) is 29.5 Å². The first-order chi connectivity index (χ1) is 9.31. The van der Waals surface area contributed by atoms with E-state index < -0.39 is 0 Å². The van der Waals surface area contributed by atoms with Crippen molar-refractivity contribution >= 4 is 12.0 Å². The second kappa shape index (κ2) is 4.76. The number of carbonyl (C=O) groups is 1. The van der Waals surface area contributed by atoms with Crippen LogP contribution in [0.4, 0.5) is 5.69 Å². The lowest BCUT2D eigenvalue weighted by Gasteiger charge is -2.20. The summed E-state index contributed by atoms with van der Waals surface area (Å²) in [7, 11) is 1.64. The van der Waals surface area contributed by atoms with Crippen LogP contribution in [0.2, 0.25) is 0 Å². The van der Waals surface area contributed by atoms with Gasteiger partial charge in [0, 0.05) is 18.7 Å². The predicted molar refractivity (Wildman–Crippen MR) is 74.7 cm³/mol. The van der Waals surface area contributed by atoms with Crippen molar-refractivity contribution in [2.45, 2.75) is 13.1 Å². The summed E-state index contributed by atoms with van der Waals surface area (Å²) in [4.78, 5) is 13.1. The van der Waals surface area contributed by atoms with Gasteiger partial charge < -0.3 is 9.64 Å². The van der Waals surface area contributed by atoms with Crippen LogP contribution in [0.25, 0.3) is 0 Å². The van der Waals surface area contributed by atoms with Gasteiger partial charge in [-0.25, -0.2) is 0 Å². The predicted octanol–water partition coefficient (Wildman–Crippen LogP) is 3.03. The Labute approximate surface area is 112 Å². The van der Waals surface area contributed by atoms with Crippen LogP contribution in [0, 0.1) is 0 Å². The van der Waals surface area contributed by atoms with Gasteiger partial charge in [-0.2, -0.15) is 0 Å². The Hall–Kier alpha value is -2.29. The fourth-order valence-electron chi connectivity index (χ4n) is 2.53. The van der Waals surface area contributed by atoms with Gasteiger partial charge >= 0.3 is 0 Å². The van der Waals surface area contributed by atoms with Gasteiger partial charge in [0.15, 0.2) is 0 Å². The van der Waals surface area contributed by atoms with E-state index in [0.717, 1.165) is 30.8 Å². The molecule has 3 nitrogen and oxygen atoms in total. The smallest absolute Gasteiger partial charge is 0.150 e. The van der Waals surface area contributed by atoms with Crippen LogP contribution in [0.5, 0.6) is 5.75 Å². The van der Waals surface area contributed by atoms with E-state index in [9.17, 15) is 4.79 Å². The number of hydrogen-bond donors (Lipinski definition) is 0. The van der Waals surface area contributed by atoms with E-state index in [-0.39, 0.29) is 0 Å². The lowest BCUT2D eigenvalue weighted by Crippen LogP contribution is -2.15. The van der Waals surface area contributed by atoms with Gasteiger partial charge in [0.05, 0.1) is 12.8 Å². The van der Waals surface area contributed by atoms with Crippen molar-refractivity contribution in [1.29, 1.82) is 0 Å². The van der Waals surface area contributed by atoms with Crippen LogP contribution in [0.3, 0.4) is 0 Å². The number of aldehydes is 1. The summed E-state index contributed by atoms with van der Waals surface area (Å²) in [6.07, 6.45) is 0.838. The van der Waals surface area contributed by atoms with Gasteiger partial charge in [-0.15, -0.1) is 0 Å². The maximum atomic E-state index is 10.8. The van der Waals surface area contributed by atoms with Crippen molar-refractivity contribution < 1.29 is 9.53 Å². The molecule has 96 valence electrons. The zero-order valence-electron chi connectivity index (χ0n) is 10.8. The van der Waals surface area contributed by atoms with E-state index in [2.05, 4.69) is 29.2 Å². The van der Waals surface area contributed by atoms with Gasteiger partial charge in [-0.1, -0.05) is 24.3 Å². The Bertz CT molecular complexity index is 597. The summed E-state index contributed by atoms with van der Waals surface area (Å²) < 4.78 is 5.40. The van der Waals surface area contributed by atoms with Crippen molar-refractivity contribution in [1.82, 2.24) is 0 Å². The fourth-order valence-corrected chi connectivity index (χ4v) is 2.53. The summed E-state index contributed by atoms with van der Waals surface area (Å²) in [6.45, 7) is 1.76. The molecule has 0 fully saturated rings. The van der Waals surface area contributed by atoms with Gasteiger partial charge in [-0.3, -0.25) is 4.79 Å². The number of ether oxygens (including phenoxy) is 1. The lowest BCUT2D eigenvalue weighted by atomic mass is 10.1. The minimum absolute atomic E-state index is 0.636. The van der Waals surface area contributed by atoms with E-state index in [1.54, 1.807) is 13.2 Å². The second-order valence-electron chi connectivity index (χ2n) is 4.67. The third kappa shape index (κ3) is 2.08. The molecule has 0 radical (unpaired) electrons. The van der Waals surface area contributed by atoms with Crippen LogP contribution in [0.15, 0.2) is 42.5 Å². The van der Waals surface area contributed by atoms with E-state index in [4.69, 9.17) is 4.74 Å². The largest absolute Gasteiger partial charge is 0.495 e. The van der Waals surface area contributed by atoms with Gasteiger partial charge in [0.25, 0.3) is 0 Å². The van der Waals surface area contributed by atoms with E-state index >= 15 is 0 Å². The molecule has 1 aliphatic rings. The Balaban J connectivity index is 1.94. The molecule has 2 aromatic carbocycles. The number of benzene rings is 2. The molecule has 1 aliphatic heterocycles. The van der Waals surface area contributed by atoms with Crippen LogP contribution < -0.4 is 9.64 Å². The van der Waals surface area contributed by atoms with Crippen LogP contribution in [0.1, 0.15) is 21.5 Å². The van der Waals surface area contributed by atoms with Crippen molar-refractivity contribution in [2.24, 2.45) is 0 Å². The molecule has 1 heterocycles. The molecule has 0 N–H and O–H groups in total. The molecule has 0 spiro atoms. The average Bonchev–Trinajstić information content (AvgIpc) is 2.90. The molecular formula is C16H15NO2. The van der Waals surface area contributed by atoms with Crippen molar-refractivity contribution in [3.05, 3.63) is 59.2 Å². The third-order valence-corrected chi connectivity index (χ3v) is 3.52. The minimum atomic E-state index is 0.636. The van der Waals surface area contributed by atoms with Crippen molar-refractivity contribution in [3.63, 3.8) is 0 Å². The van der Waals surface area contributed by atoms with Crippen molar-refractivity contribution in [3.8, 4) is 5.75 Å². The first-order valence-electron chi connectivity index (χ1n) is 6.27. The molecule has 0 unspecified atom stereocenters. The average molecular weight is 253 g/mol. The number of nitrogens with zero attached hydrogens (tertiary/aromatic N) is 1. The lowest BCUT2D eigenvalue weighted by molar-refractivity contribution is 0.112. The van der Waals surface area contributed by atoms with E-state index in [1.807, 2.05) is 12.1 Å². The highest BCUT2D eigenvalue weighted by molar-refractivity contribution is 5.78. The highest BCUT2D eigenvalue weighted by Gasteiger charge is 2.21. The standard InChI is InChI=1S/C16H15NO2/c1-19-16-8-12(11-18)6-7-15(16)17-9-13-4-2-3-5-14(13)10-17/h2-8,11H,9-10H2,1H3. The molecule has 19 heavy (non-hydrogen) atoms. The molecule has 0 aromatic heterocycles. The highest BCUT2D eigenvalue weighted by Crippen LogP contribution is 2.35. The summed E-state index contributed by atoms with van der Waals surface area (Å²) in [6, 6.07) is 14.0. The normalized spacial score (nSPS) is 13.2. The molecule has 3 rings (SSSR count). The Morgan fingerprint density at radius 3 is 2.37 bits per heavy atom. The number of carbonyl (C=O) groups excluding carboxylic acids is 1. The first-order valence-corrected chi connectivity index (χ1v) is 6.27. The third-order valence-electron chi connectivity index (χ3n) is 3.52. The fraction of sp³-hybridized carbons (Fsp3) is 0.188. The number of methoxy groups -OCH3 is 1. The molecule has 0 atom stereocenters. The van der Waals surface area contributed by atoms with E-state index in [0.29, 0.717) is 5.56 Å². The summed E-state index contributed by atoms with van der Waals surface area (Å²) >= 11 is 0. The Kier molecular flexibility index (Phi) is 2.95. The maximum Gasteiger partial charge on any atom is 0.150 e. The zero-order chi connectivity index (χ0) is 13.2. The minimum Gasteiger partial charge on any atom is -0.495 e. The number of fused-ring (bicyclic) bond motifs is 1. The van der Waals surface area contributed by atoms with Crippen LogP contribution in [-0.4, -0.2) is 13.4 Å². The monoisotopic (exact) mass is 253 g/mol. The SMILES string of the molecule is COc1cc(C=O)ccc1N1Cc2ccccc2C1. The van der Waals surface area contributed by atoms with Gasteiger partial charge in [-0.05, 0) is 29.3 Å². The second-order valence-corrected chi connectivity index (χ2v) is 4.67. The number of anilines is 1. The Morgan fingerprint density at radius 2 is 1.79 bits per heavy atom. The van der Waals surface area contributed by atoms with Crippen molar-refractivity contribution in [2.75, 3.05) is 12.0 Å². The van der Waals surface area contributed by atoms with Crippen LogP contribution in [-0.2, 0) is 13.1 Å². The summed E-state index contributed by atoms with van der Waals surface area (Å²) in [5.74, 6) is 0.748. The number of hydrogen-bond acceptors (Lipinski definition) is 3. The molecule has 0 bridgehead atoms. The van der Waals surface area contributed by atoms with Gasteiger partial charge in [0.2, 0.25) is 0 Å². The molecule has 0 saturated heterocycles. The maximum absolute atomic E-state index is 10.8. The molecule has 0 amide bonds. The van der Waals surface area contributed by atoms with E-state index in [1.165, 1.54) is 11.1 Å². The van der Waals surface area contributed by atoms with Crippen LogP contribution >= 0.6 is 0 Å². The molecule has 3 heteroatoms. The highest BCUT2D eigenvalue weighted by atomic mass is 16.5. The Morgan fingerprint density at radius 1 is 1.11 bits per heavy atom. The molecular weight excluding hydrogens is 238 g/mol. The zero-order valence-corrected chi connectivity index (χ0v) is 10.8. The van der Waals surface area contributed by atoms with Gasteiger partial charge in [0.1, 0.15) is 12.0 Å². The molecule has 0 aliphatic carbocycles.